The van der Waals surface area contributed by atoms with Crippen LogP contribution in [-0.4, -0.2) is 39.8 Å². The minimum Gasteiger partial charge on any atom is -0.493 e. The average Bonchev–Trinajstić information content (AvgIpc) is 3.19. The average molecular weight is 379 g/mol. The molecule has 2 aromatic rings. The number of nitrogens with one attached hydrogen (secondary N) is 1. The van der Waals surface area contributed by atoms with Gasteiger partial charge in [0, 0.05) is 4.88 Å². The smallest absolute Gasteiger partial charge is 0.342 e. The summed E-state index contributed by atoms with van der Waals surface area (Å²) >= 11 is 1.54. The number of esters is 1. The summed E-state index contributed by atoms with van der Waals surface area (Å²) in [5, 5.41) is 4.71. The maximum atomic E-state index is 12.3. The van der Waals surface area contributed by atoms with Gasteiger partial charge in [-0.05, 0) is 30.5 Å². The molecule has 140 valence electrons. The van der Waals surface area contributed by atoms with Crippen molar-refractivity contribution in [2.45, 2.75) is 13.0 Å². The zero-order valence-corrected chi connectivity index (χ0v) is 15.8. The molecule has 8 heteroatoms. The van der Waals surface area contributed by atoms with Crippen LogP contribution < -0.4 is 19.5 Å². The molecular formula is C18H21NO6S. The molecule has 1 aromatic carbocycles. The fourth-order valence-electron chi connectivity index (χ4n) is 2.36. The lowest BCUT2D eigenvalue weighted by molar-refractivity contribution is -0.124. The summed E-state index contributed by atoms with van der Waals surface area (Å²) in [6.07, 6.45) is 0. The molecule has 0 radical (unpaired) electrons. The van der Waals surface area contributed by atoms with Crippen LogP contribution in [0, 0.1) is 0 Å². The Morgan fingerprint density at radius 1 is 1.08 bits per heavy atom. The normalized spacial score (nSPS) is 11.4. The summed E-state index contributed by atoms with van der Waals surface area (Å²) in [7, 11) is 4.33. The molecule has 0 aliphatic rings. The van der Waals surface area contributed by atoms with Crippen molar-refractivity contribution in [3.05, 3.63) is 40.1 Å². The summed E-state index contributed by atoms with van der Waals surface area (Å²) in [4.78, 5) is 25.4. The van der Waals surface area contributed by atoms with Gasteiger partial charge in [-0.3, -0.25) is 4.79 Å². The summed E-state index contributed by atoms with van der Waals surface area (Å²) in [5.41, 5.74) is 0.143. The maximum absolute atomic E-state index is 12.3. The molecule has 1 heterocycles. The molecule has 0 saturated heterocycles. The topological polar surface area (TPSA) is 83.1 Å². The number of hydrogen-bond donors (Lipinski definition) is 1. The van der Waals surface area contributed by atoms with E-state index in [4.69, 9.17) is 18.9 Å². The Balaban J connectivity index is 2.02. The predicted octanol–water partition coefficient (Wildman–Crippen LogP) is 2.81. The van der Waals surface area contributed by atoms with Crippen molar-refractivity contribution >= 4 is 23.2 Å². The molecule has 0 aliphatic carbocycles. The monoisotopic (exact) mass is 379 g/mol. The molecule has 1 aromatic heterocycles. The van der Waals surface area contributed by atoms with Gasteiger partial charge in [0.1, 0.15) is 5.56 Å². The second-order valence-electron chi connectivity index (χ2n) is 5.26. The third-order valence-corrected chi connectivity index (χ3v) is 4.66. The van der Waals surface area contributed by atoms with E-state index in [1.165, 1.54) is 27.4 Å². The summed E-state index contributed by atoms with van der Waals surface area (Å²) in [6.45, 7) is 1.47. The van der Waals surface area contributed by atoms with Gasteiger partial charge in [0.2, 0.25) is 5.75 Å². The Morgan fingerprint density at radius 2 is 1.81 bits per heavy atom. The summed E-state index contributed by atoms with van der Waals surface area (Å²) in [6, 6.07) is 6.74. The number of hydrogen-bond acceptors (Lipinski definition) is 7. The van der Waals surface area contributed by atoms with Crippen LogP contribution in [0.15, 0.2) is 29.6 Å². The Hall–Kier alpha value is -2.74. The van der Waals surface area contributed by atoms with Crippen LogP contribution in [0.2, 0.25) is 0 Å². The lowest BCUT2D eigenvalue weighted by atomic mass is 10.1. The number of benzene rings is 1. The molecule has 1 atom stereocenters. The van der Waals surface area contributed by atoms with Gasteiger partial charge in [0.05, 0.1) is 27.4 Å². The first kappa shape index (κ1) is 19.6. The fourth-order valence-corrected chi connectivity index (χ4v) is 3.10. The van der Waals surface area contributed by atoms with Crippen molar-refractivity contribution in [2.75, 3.05) is 27.9 Å². The van der Waals surface area contributed by atoms with Crippen LogP contribution >= 0.6 is 11.3 Å². The van der Waals surface area contributed by atoms with Crippen LogP contribution in [0.5, 0.6) is 17.2 Å². The first-order valence-corrected chi connectivity index (χ1v) is 8.68. The van der Waals surface area contributed by atoms with Crippen molar-refractivity contribution < 1.29 is 28.5 Å². The van der Waals surface area contributed by atoms with Gasteiger partial charge in [-0.1, -0.05) is 6.07 Å². The molecule has 0 unspecified atom stereocenters. The van der Waals surface area contributed by atoms with Gasteiger partial charge in [-0.15, -0.1) is 11.3 Å². The first-order chi connectivity index (χ1) is 12.5. The van der Waals surface area contributed by atoms with Crippen molar-refractivity contribution in [2.24, 2.45) is 0 Å². The van der Waals surface area contributed by atoms with Crippen LogP contribution in [0.1, 0.15) is 28.2 Å². The molecule has 0 fully saturated rings. The Kier molecular flexibility index (Phi) is 6.85. The lowest BCUT2D eigenvalue weighted by Gasteiger charge is -2.15. The van der Waals surface area contributed by atoms with Crippen LogP contribution in [0.4, 0.5) is 0 Å². The fraction of sp³-hybridized carbons (Fsp3) is 0.333. The van der Waals surface area contributed by atoms with E-state index in [9.17, 15) is 9.59 Å². The van der Waals surface area contributed by atoms with E-state index in [0.717, 1.165) is 4.88 Å². The predicted molar refractivity (Wildman–Crippen MR) is 97.3 cm³/mol. The molecule has 0 aliphatic heterocycles. The third-order valence-electron chi connectivity index (χ3n) is 3.61. The highest BCUT2D eigenvalue weighted by atomic mass is 32.1. The number of ether oxygens (including phenoxy) is 4. The van der Waals surface area contributed by atoms with Crippen molar-refractivity contribution in [3.63, 3.8) is 0 Å². The highest BCUT2D eigenvalue weighted by molar-refractivity contribution is 7.10. The van der Waals surface area contributed by atoms with Crippen molar-refractivity contribution in [1.82, 2.24) is 5.32 Å². The van der Waals surface area contributed by atoms with Crippen LogP contribution in [-0.2, 0) is 9.53 Å². The highest BCUT2D eigenvalue weighted by Crippen LogP contribution is 2.39. The van der Waals surface area contributed by atoms with Gasteiger partial charge in [-0.2, -0.15) is 0 Å². The maximum Gasteiger partial charge on any atom is 0.342 e. The minimum atomic E-state index is -0.693. The van der Waals surface area contributed by atoms with E-state index >= 15 is 0 Å². The Labute approximate surface area is 155 Å². The zero-order chi connectivity index (χ0) is 19.1. The molecule has 1 N–H and O–H groups in total. The summed E-state index contributed by atoms with van der Waals surface area (Å²) < 4.78 is 20.7. The van der Waals surface area contributed by atoms with E-state index in [2.05, 4.69) is 5.32 Å². The molecule has 2 rings (SSSR count). The van der Waals surface area contributed by atoms with E-state index in [1.54, 1.807) is 17.4 Å². The molecule has 1 amide bonds. The first-order valence-electron chi connectivity index (χ1n) is 7.80. The zero-order valence-electron chi connectivity index (χ0n) is 15.0. The molecule has 0 saturated carbocycles. The van der Waals surface area contributed by atoms with Gasteiger partial charge in [0.25, 0.3) is 5.91 Å². The number of carbonyl (C=O) groups excluding carboxylic acids is 2. The molecule has 0 bridgehead atoms. The van der Waals surface area contributed by atoms with E-state index in [1.807, 2.05) is 24.4 Å². The minimum absolute atomic E-state index is 0.143. The highest BCUT2D eigenvalue weighted by Gasteiger charge is 2.22. The summed E-state index contributed by atoms with van der Waals surface area (Å²) in [5.74, 6) is -0.201. The number of rotatable bonds is 8. The Morgan fingerprint density at radius 3 is 2.38 bits per heavy atom. The molecule has 0 spiro atoms. The van der Waals surface area contributed by atoms with E-state index < -0.39 is 18.5 Å². The van der Waals surface area contributed by atoms with Crippen molar-refractivity contribution in [1.29, 1.82) is 0 Å². The number of thiophene rings is 1. The molecule has 26 heavy (non-hydrogen) atoms. The van der Waals surface area contributed by atoms with Crippen LogP contribution in [0.3, 0.4) is 0 Å². The van der Waals surface area contributed by atoms with E-state index in [0.29, 0.717) is 5.75 Å². The second-order valence-corrected chi connectivity index (χ2v) is 6.24. The number of amides is 1. The lowest BCUT2D eigenvalue weighted by Crippen LogP contribution is -2.30. The standard InChI is InChI=1S/C18H21NO6S/c1-11(14-6-5-9-26-14)19-15(20)10-25-18(21)12-7-8-13(22-2)17(24-4)16(12)23-3/h5-9,11H,10H2,1-4H3,(H,19,20)/t11-/m0/s1. The molecule has 7 nitrogen and oxygen atoms in total. The number of methoxy groups -OCH3 is 3. The Bertz CT molecular complexity index is 759. The van der Waals surface area contributed by atoms with Crippen LogP contribution in [0.25, 0.3) is 0 Å². The molecular weight excluding hydrogens is 358 g/mol. The number of carbonyl (C=O) groups is 2. The second kappa shape index (κ2) is 9.10. The van der Waals surface area contributed by atoms with E-state index in [-0.39, 0.29) is 23.1 Å². The third kappa shape index (κ3) is 4.45. The SMILES string of the molecule is COc1ccc(C(=O)OCC(=O)N[C@@H](C)c2cccs2)c(OC)c1OC. The van der Waals surface area contributed by atoms with Crippen molar-refractivity contribution in [3.8, 4) is 17.2 Å². The van der Waals surface area contributed by atoms with Gasteiger partial charge >= 0.3 is 5.97 Å². The van der Waals surface area contributed by atoms with Gasteiger partial charge in [0.15, 0.2) is 18.1 Å². The van der Waals surface area contributed by atoms with Gasteiger partial charge in [-0.25, -0.2) is 4.79 Å². The largest absolute Gasteiger partial charge is 0.493 e. The van der Waals surface area contributed by atoms with Gasteiger partial charge < -0.3 is 24.3 Å². The quantitative estimate of drug-likeness (QED) is 0.710.